The van der Waals surface area contributed by atoms with E-state index in [2.05, 4.69) is 65.4 Å². The number of nitrogens with zero attached hydrogens (tertiary/aromatic N) is 4. The number of hydrogen-bond acceptors (Lipinski definition) is 9. The Bertz CT molecular complexity index is 1030. The maximum Gasteiger partial charge on any atom is 0.335 e. The summed E-state index contributed by atoms with van der Waals surface area (Å²) in [5, 5.41) is 6.38. The maximum atomic E-state index is 7.28. The Kier molecular flexibility index (Phi) is 7.74. The molecule has 3 atom stereocenters. The van der Waals surface area contributed by atoms with Gasteiger partial charge in [-0.25, -0.2) is 14.6 Å². The predicted octanol–water partition coefficient (Wildman–Crippen LogP) is 5.37. The number of thioether (sulfide) groups is 1. The van der Waals surface area contributed by atoms with E-state index in [0.717, 1.165) is 10.4 Å². The molecule has 0 amide bonds. The highest BCUT2D eigenvalue weighted by atomic mass is 32.2. The van der Waals surface area contributed by atoms with E-state index in [1.54, 1.807) is 0 Å². The molecular formula is C23H41N5O4SSi2. The first kappa shape index (κ1) is 27.0. The highest BCUT2D eigenvalue weighted by Crippen LogP contribution is 2.48. The van der Waals surface area contributed by atoms with Crippen LogP contribution in [0.15, 0.2) is 11.4 Å². The molecule has 0 spiro atoms. The van der Waals surface area contributed by atoms with Crippen LogP contribution >= 0.6 is 11.8 Å². The summed E-state index contributed by atoms with van der Waals surface area (Å²) < 4.78 is 29.7. The minimum Gasteiger partial charge on any atom is -0.414 e. The number of fused-ring (bicyclic) bond motifs is 2. The first-order valence-electron chi connectivity index (χ1n) is 12.7. The lowest BCUT2D eigenvalue weighted by molar-refractivity contribution is -0.0577. The van der Waals surface area contributed by atoms with Crippen LogP contribution in [0.25, 0.3) is 11.0 Å². The SMILES string of the molecule is CSc1nn([C@H]2C[C@@H]3O[Si](C(C)C)(C(C)C)O[Si](C(C)C)(C(C)C)OC[C@@H]3O2)c2ncnc(N)c12. The first-order chi connectivity index (χ1) is 16.5. The Morgan fingerprint density at radius 1 is 0.971 bits per heavy atom. The van der Waals surface area contributed by atoms with Gasteiger partial charge in [0.15, 0.2) is 11.9 Å². The number of hydrogen-bond donors (Lipinski definition) is 1. The summed E-state index contributed by atoms with van der Waals surface area (Å²) in [6.07, 6.45) is 3.44. The van der Waals surface area contributed by atoms with Crippen LogP contribution in [0, 0.1) is 0 Å². The molecule has 0 saturated carbocycles. The molecule has 2 saturated heterocycles. The molecule has 0 bridgehead atoms. The fourth-order valence-electron chi connectivity index (χ4n) is 5.59. The van der Waals surface area contributed by atoms with Crippen LogP contribution in [0.3, 0.4) is 0 Å². The van der Waals surface area contributed by atoms with E-state index < -0.39 is 17.1 Å². The van der Waals surface area contributed by atoms with Crippen LogP contribution in [0.2, 0.25) is 22.2 Å². The van der Waals surface area contributed by atoms with Crippen molar-refractivity contribution in [2.75, 3.05) is 18.6 Å². The fourth-order valence-corrected chi connectivity index (χ4v) is 17.4. The number of rotatable bonds is 6. The zero-order valence-electron chi connectivity index (χ0n) is 22.4. The molecule has 0 aromatic carbocycles. The molecule has 2 fully saturated rings. The smallest absolute Gasteiger partial charge is 0.335 e. The second-order valence-corrected chi connectivity index (χ2v) is 20.5. The normalized spacial score (nSPS) is 26.6. The molecular weight excluding hydrogens is 499 g/mol. The van der Waals surface area contributed by atoms with Crippen LogP contribution in [0.5, 0.6) is 0 Å². The lowest BCUT2D eigenvalue weighted by Gasteiger charge is -2.51. The zero-order chi connectivity index (χ0) is 25.7. The first-order valence-corrected chi connectivity index (χ1v) is 17.8. The van der Waals surface area contributed by atoms with Gasteiger partial charge in [-0.1, -0.05) is 55.4 Å². The topological polar surface area (TPSA) is 107 Å². The van der Waals surface area contributed by atoms with Gasteiger partial charge in [-0.3, -0.25) is 0 Å². The minimum atomic E-state index is -2.68. The van der Waals surface area contributed by atoms with E-state index in [9.17, 15) is 0 Å². The van der Waals surface area contributed by atoms with Crippen molar-refractivity contribution >= 4 is 45.7 Å². The van der Waals surface area contributed by atoms with E-state index in [4.69, 9.17) is 28.5 Å². The summed E-state index contributed by atoms with van der Waals surface area (Å²) in [6.45, 7) is 18.3. The average Bonchev–Trinajstić information content (AvgIpc) is 3.34. The van der Waals surface area contributed by atoms with Crippen LogP contribution < -0.4 is 5.73 Å². The Labute approximate surface area is 215 Å². The molecule has 2 aromatic rings. The van der Waals surface area contributed by atoms with Crippen molar-refractivity contribution in [3.63, 3.8) is 0 Å². The van der Waals surface area contributed by atoms with E-state index >= 15 is 0 Å². The van der Waals surface area contributed by atoms with Crippen LogP contribution in [0.1, 0.15) is 68.0 Å². The highest BCUT2D eigenvalue weighted by molar-refractivity contribution is 7.98. The molecule has 2 aromatic heterocycles. The molecule has 2 aliphatic heterocycles. The van der Waals surface area contributed by atoms with Crippen molar-refractivity contribution in [1.82, 2.24) is 19.7 Å². The highest BCUT2D eigenvalue weighted by Gasteiger charge is 2.60. The van der Waals surface area contributed by atoms with Gasteiger partial charge in [-0.05, 0) is 28.4 Å². The van der Waals surface area contributed by atoms with Gasteiger partial charge >= 0.3 is 17.1 Å². The summed E-state index contributed by atoms with van der Waals surface area (Å²) in [6, 6.07) is 0. The van der Waals surface area contributed by atoms with Crippen molar-refractivity contribution in [2.45, 2.75) is 107 Å². The van der Waals surface area contributed by atoms with Crippen LogP contribution in [0.4, 0.5) is 5.82 Å². The molecule has 2 N–H and O–H groups in total. The third-order valence-electron chi connectivity index (χ3n) is 7.48. The number of anilines is 1. The summed E-state index contributed by atoms with van der Waals surface area (Å²) in [4.78, 5) is 8.67. The van der Waals surface area contributed by atoms with Gasteiger partial charge < -0.3 is 23.4 Å². The second-order valence-electron chi connectivity index (χ2n) is 10.9. The molecule has 35 heavy (non-hydrogen) atoms. The van der Waals surface area contributed by atoms with Gasteiger partial charge in [0.1, 0.15) is 23.3 Å². The number of aromatic nitrogens is 4. The van der Waals surface area contributed by atoms with E-state index in [-0.39, 0.29) is 29.5 Å². The third kappa shape index (κ3) is 4.49. The molecule has 4 heterocycles. The quantitative estimate of drug-likeness (QED) is 0.383. The maximum absolute atomic E-state index is 7.28. The molecule has 12 heteroatoms. The van der Waals surface area contributed by atoms with Crippen LogP contribution in [-0.2, 0) is 17.7 Å². The Morgan fingerprint density at radius 3 is 2.17 bits per heavy atom. The van der Waals surface area contributed by atoms with Gasteiger partial charge in [0.05, 0.1) is 18.1 Å². The Hall–Kier alpha value is -1.03. The van der Waals surface area contributed by atoms with E-state index in [0.29, 0.717) is 35.6 Å². The number of nitrogens with two attached hydrogens (primary N) is 1. The second kappa shape index (κ2) is 10.0. The van der Waals surface area contributed by atoms with Crippen molar-refractivity contribution in [2.24, 2.45) is 0 Å². The third-order valence-corrected chi connectivity index (χ3v) is 18.4. The summed E-state index contributed by atoms with van der Waals surface area (Å²) in [5.74, 6) is 0.429. The monoisotopic (exact) mass is 539 g/mol. The van der Waals surface area contributed by atoms with Crippen molar-refractivity contribution in [3.8, 4) is 0 Å². The standard InChI is InChI=1S/C23H41N5O4SSi2/c1-13(2)34(14(3)4)29-11-18-17(31-35(32-34,15(5)6)16(7)8)10-19(30-18)28-22-20(23(27-28)33-9)21(24)25-12-26-22/h12-19H,10-11H2,1-9H3,(H2,24,25,26)/t17-,18-,19+/m0/s1. The van der Waals surface area contributed by atoms with Gasteiger partial charge in [0.25, 0.3) is 0 Å². The molecule has 196 valence electrons. The predicted molar refractivity (Wildman–Crippen MR) is 144 cm³/mol. The van der Waals surface area contributed by atoms with Crippen molar-refractivity contribution < 1.29 is 17.7 Å². The molecule has 2 aliphatic rings. The van der Waals surface area contributed by atoms with Gasteiger partial charge in [0.2, 0.25) is 0 Å². The molecule has 0 radical (unpaired) electrons. The zero-order valence-corrected chi connectivity index (χ0v) is 25.3. The minimum absolute atomic E-state index is 0.140. The van der Waals surface area contributed by atoms with Gasteiger partial charge in [-0.2, -0.15) is 5.10 Å². The Balaban J connectivity index is 1.75. The van der Waals surface area contributed by atoms with Crippen molar-refractivity contribution in [3.05, 3.63) is 6.33 Å². The fraction of sp³-hybridized carbons (Fsp3) is 0.783. The molecule has 9 nitrogen and oxygen atoms in total. The Morgan fingerprint density at radius 2 is 1.60 bits per heavy atom. The average molecular weight is 540 g/mol. The molecule has 4 rings (SSSR count). The van der Waals surface area contributed by atoms with Gasteiger partial charge in [0, 0.05) is 6.42 Å². The van der Waals surface area contributed by atoms with Crippen molar-refractivity contribution in [1.29, 1.82) is 0 Å². The number of nitrogen functional groups attached to an aromatic ring is 1. The largest absolute Gasteiger partial charge is 0.414 e. The van der Waals surface area contributed by atoms with Crippen LogP contribution in [-0.4, -0.2) is 61.9 Å². The molecule has 0 unspecified atom stereocenters. The summed E-state index contributed by atoms with van der Waals surface area (Å²) in [7, 11) is -5.29. The summed E-state index contributed by atoms with van der Waals surface area (Å²) >= 11 is 1.53. The van der Waals surface area contributed by atoms with E-state index in [1.165, 1.54) is 18.1 Å². The number of ether oxygens (including phenoxy) is 1. The van der Waals surface area contributed by atoms with Gasteiger partial charge in [-0.15, -0.1) is 11.8 Å². The lowest BCUT2D eigenvalue weighted by Crippen LogP contribution is -2.65. The lowest BCUT2D eigenvalue weighted by atomic mass is 10.2. The molecule has 0 aliphatic carbocycles. The summed E-state index contributed by atoms with van der Waals surface area (Å²) in [5.41, 5.74) is 8.00. The van der Waals surface area contributed by atoms with E-state index in [1.807, 2.05) is 10.9 Å².